The molecule has 2 rings (SSSR count). The van der Waals surface area contributed by atoms with Crippen molar-refractivity contribution in [3.63, 3.8) is 0 Å². The van der Waals surface area contributed by atoms with Crippen LogP contribution in [0.4, 0.5) is 0 Å². The molecule has 1 N–H and O–H groups in total. The third-order valence-electron chi connectivity index (χ3n) is 2.07. The Labute approximate surface area is 102 Å². The van der Waals surface area contributed by atoms with Crippen molar-refractivity contribution in [2.24, 2.45) is 7.05 Å². The Morgan fingerprint density at radius 3 is 2.65 bits per heavy atom. The highest BCUT2D eigenvalue weighted by atomic mass is 32.2. The van der Waals surface area contributed by atoms with Crippen LogP contribution in [0.5, 0.6) is 0 Å². The minimum Gasteiger partial charge on any atom is -0.481 e. The Hall–Kier alpha value is -1.89. The Morgan fingerprint density at radius 2 is 2.12 bits per heavy atom. The monoisotopic (exact) mass is 250 g/mol. The van der Waals surface area contributed by atoms with Gasteiger partial charge >= 0.3 is 5.97 Å². The van der Waals surface area contributed by atoms with Crippen LogP contribution in [0.15, 0.2) is 34.3 Å². The van der Waals surface area contributed by atoms with Crippen molar-refractivity contribution in [3.05, 3.63) is 29.8 Å². The third-order valence-corrected chi connectivity index (χ3v) is 3.11. The summed E-state index contributed by atoms with van der Waals surface area (Å²) >= 11 is 1.43. The summed E-state index contributed by atoms with van der Waals surface area (Å²) in [6.07, 6.45) is 0.0382. The van der Waals surface area contributed by atoms with Crippen LogP contribution in [-0.2, 0) is 18.3 Å². The molecule has 7 heteroatoms. The predicted octanol–water partition coefficient (Wildman–Crippen LogP) is 0.988. The van der Waals surface area contributed by atoms with Gasteiger partial charge in [0.2, 0.25) is 5.16 Å². The number of aliphatic carboxylic acids is 1. The van der Waals surface area contributed by atoms with E-state index in [1.807, 2.05) is 12.1 Å². The normalized spacial score (nSPS) is 10.4. The fourth-order valence-corrected chi connectivity index (χ4v) is 1.99. The standard InChI is InChI=1S/C10H10N4O2S/c1-14-10(11-12-13-14)17-8-4-2-7(3-5-8)6-9(15)16/h2-5H,6H2,1H3,(H,15,16). The first-order chi connectivity index (χ1) is 8.15. The summed E-state index contributed by atoms with van der Waals surface area (Å²) < 4.78 is 1.58. The van der Waals surface area contributed by atoms with Gasteiger partial charge in [-0.05, 0) is 39.9 Å². The molecule has 0 saturated heterocycles. The SMILES string of the molecule is Cn1nnnc1Sc1ccc(CC(=O)O)cc1. The maximum absolute atomic E-state index is 10.5. The van der Waals surface area contributed by atoms with Gasteiger partial charge in [0.15, 0.2) is 0 Å². The molecule has 0 bridgehead atoms. The van der Waals surface area contributed by atoms with Gasteiger partial charge in [-0.15, -0.1) is 5.10 Å². The number of benzene rings is 1. The average molecular weight is 250 g/mol. The second-order valence-corrected chi connectivity index (χ2v) is 4.44. The van der Waals surface area contributed by atoms with Gasteiger partial charge in [0.05, 0.1) is 6.42 Å². The van der Waals surface area contributed by atoms with Crippen molar-refractivity contribution < 1.29 is 9.90 Å². The van der Waals surface area contributed by atoms with Crippen molar-refractivity contribution in [2.75, 3.05) is 0 Å². The molecule has 0 aliphatic carbocycles. The van der Waals surface area contributed by atoms with Crippen molar-refractivity contribution in [3.8, 4) is 0 Å². The van der Waals surface area contributed by atoms with Gasteiger partial charge in [-0.1, -0.05) is 12.1 Å². The van der Waals surface area contributed by atoms with Crippen molar-refractivity contribution in [1.82, 2.24) is 20.2 Å². The van der Waals surface area contributed by atoms with Gasteiger partial charge < -0.3 is 5.11 Å². The zero-order chi connectivity index (χ0) is 12.3. The van der Waals surface area contributed by atoms with E-state index in [2.05, 4.69) is 15.5 Å². The fourth-order valence-electron chi connectivity index (χ4n) is 1.26. The lowest BCUT2D eigenvalue weighted by atomic mass is 10.2. The van der Waals surface area contributed by atoms with Gasteiger partial charge in [0.1, 0.15) is 0 Å². The van der Waals surface area contributed by atoms with Gasteiger partial charge in [-0.3, -0.25) is 4.79 Å². The van der Waals surface area contributed by atoms with Gasteiger partial charge in [0, 0.05) is 11.9 Å². The summed E-state index contributed by atoms with van der Waals surface area (Å²) in [7, 11) is 1.77. The summed E-state index contributed by atoms with van der Waals surface area (Å²) in [5, 5.41) is 20.5. The maximum Gasteiger partial charge on any atom is 0.307 e. The van der Waals surface area contributed by atoms with Crippen LogP contribution in [0.2, 0.25) is 0 Å². The summed E-state index contributed by atoms with van der Waals surface area (Å²) in [4.78, 5) is 11.5. The van der Waals surface area contributed by atoms with Crippen LogP contribution in [0.3, 0.4) is 0 Å². The van der Waals surface area contributed by atoms with Crippen molar-refractivity contribution >= 4 is 17.7 Å². The van der Waals surface area contributed by atoms with E-state index in [0.717, 1.165) is 10.5 Å². The number of nitrogens with zero attached hydrogens (tertiary/aromatic N) is 4. The number of rotatable bonds is 4. The number of aromatic nitrogens is 4. The molecule has 0 spiro atoms. The molecule has 6 nitrogen and oxygen atoms in total. The van der Waals surface area contributed by atoms with Crippen LogP contribution in [0.1, 0.15) is 5.56 Å². The average Bonchev–Trinajstić information content (AvgIpc) is 2.67. The predicted molar refractivity (Wildman–Crippen MR) is 60.7 cm³/mol. The molecular formula is C10H10N4O2S. The molecular weight excluding hydrogens is 240 g/mol. The maximum atomic E-state index is 10.5. The quantitative estimate of drug-likeness (QED) is 0.871. The van der Waals surface area contributed by atoms with E-state index in [1.165, 1.54) is 11.8 Å². The highest BCUT2D eigenvalue weighted by molar-refractivity contribution is 7.99. The molecule has 0 saturated carbocycles. The van der Waals surface area contributed by atoms with Gasteiger partial charge in [0.25, 0.3) is 0 Å². The number of tetrazole rings is 1. The first-order valence-electron chi connectivity index (χ1n) is 4.86. The van der Waals surface area contributed by atoms with E-state index >= 15 is 0 Å². The highest BCUT2D eigenvalue weighted by Crippen LogP contribution is 2.24. The van der Waals surface area contributed by atoms with E-state index in [4.69, 9.17) is 5.11 Å². The summed E-state index contributed by atoms with van der Waals surface area (Å²) in [6, 6.07) is 7.30. The van der Waals surface area contributed by atoms with E-state index in [-0.39, 0.29) is 6.42 Å². The molecule has 0 unspecified atom stereocenters. The lowest BCUT2D eigenvalue weighted by molar-refractivity contribution is -0.136. The molecule has 2 aromatic rings. The molecule has 1 aromatic carbocycles. The smallest absolute Gasteiger partial charge is 0.307 e. The first kappa shape index (κ1) is 11.6. The first-order valence-corrected chi connectivity index (χ1v) is 5.68. The minimum atomic E-state index is -0.831. The molecule has 0 radical (unpaired) electrons. The van der Waals surface area contributed by atoms with E-state index < -0.39 is 5.97 Å². The van der Waals surface area contributed by atoms with Gasteiger partial charge in [-0.2, -0.15) is 0 Å². The van der Waals surface area contributed by atoms with Crippen LogP contribution in [0, 0.1) is 0 Å². The second-order valence-electron chi connectivity index (χ2n) is 3.40. The molecule has 0 amide bonds. The molecule has 17 heavy (non-hydrogen) atoms. The Morgan fingerprint density at radius 1 is 1.41 bits per heavy atom. The number of carboxylic acid groups (broad SMARTS) is 1. The highest BCUT2D eigenvalue weighted by Gasteiger charge is 2.05. The van der Waals surface area contributed by atoms with Crippen LogP contribution in [0.25, 0.3) is 0 Å². The number of carbonyl (C=O) groups is 1. The molecule has 1 aromatic heterocycles. The second kappa shape index (κ2) is 4.96. The van der Waals surface area contributed by atoms with Crippen LogP contribution < -0.4 is 0 Å². The molecule has 0 aliphatic rings. The number of carboxylic acids is 1. The molecule has 88 valence electrons. The lowest BCUT2D eigenvalue weighted by Crippen LogP contribution is -1.99. The third kappa shape index (κ3) is 3.04. The summed E-state index contributed by atoms with van der Waals surface area (Å²) in [6.45, 7) is 0. The summed E-state index contributed by atoms with van der Waals surface area (Å²) in [5.41, 5.74) is 0.776. The Bertz CT molecular complexity index is 523. The Kier molecular flexibility index (Phi) is 3.38. The van der Waals surface area contributed by atoms with Crippen molar-refractivity contribution in [2.45, 2.75) is 16.5 Å². The molecule has 0 aliphatic heterocycles. The number of hydrogen-bond acceptors (Lipinski definition) is 5. The fraction of sp³-hybridized carbons (Fsp3) is 0.200. The lowest BCUT2D eigenvalue weighted by Gasteiger charge is -2.01. The Balaban J connectivity index is 2.08. The molecule has 0 fully saturated rings. The van der Waals surface area contributed by atoms with Crippen molar-refractivity contribution in [1.29, 1.82) is 0 Å². The number of hydrogen-bond donors (Lipinski definition) is 1. The van der Waals surface area contributed by atoms with Crippen LogP contribution in [-0.4, -0.2) is 31.3 Å². The topological polar surface area (TPSA) is 80.9 Å². The minimum absolute atomic E-state index is 0.0382. The van der Waals surface area contributed by atoms with E-state index in [9.17, 15) is 4.79 Å². The summed E-state index contributed by atoms with van der Waals surface area (Å²) in [5.74, 6) is -0.831. The molecule has 0 atom stereocenters. The largest absolute Gasteiger partial charge is 0.481 e. The van der Waals surface area contributed by atoms with Gasteiger partial charge in [-0.25, -0.2) is 4.68 Å². The molecule has 1 heterocycles. The van der Waals surface area contributed by atoms with Crippen LogP contribution >= 0.6 is 11.8 Å². The zero-order valence-corrected chi connectivity index (χ0v) is 9.89. The zero-order valence-electron chi connectivity index (χ0n) is 9.07. The number of aryl methyl sites for hydroxylation is 1. The van der Waals surface area contributed by atoms with E-state index in [0.29, 0.717) is 5.16 Å². The van der Waals surface area contributed by atoms with E-state index in [1.54, 1.807) is 23.9 Å².